The van der Waals surface area contributed by atoms with Gasteiger partial charge in [-0.15, -0.1) is 6.42 Å². The van der Waals surface area contributed by atoms with Gasteiger partial charge in [0.15, 0.2) is 5.82 Å². The van der Waals surface area contributed by atoms with Gasteiger partial charge in [-0.1, -0.05) is 26.7 Å². The summed E-state index contributed by atoms with van der Waals surface area (Å²) in [7, 11) is 0. The molecule has 116 valence electrons. The topological polar surface area (TPSA) is 85.7 Å². The summed E-state index contributed by atoms with van der Waals surface area (Å²) >= 11 is 0. The van der Waals surface area contributed by atoms with Crippen molar-refractivity contribution in [3.8, 4) is 12.3 Å². The zero-order valence-corrected chi connectivity index (χ0v) is 12.9. The maximum atomic E-state index is 9.53. The first-order valence-electron chi connectivity index (χ1n) is 7.26. The van der Waals surface area contributed by atoms with E-state index in [9.17, 15) is 5.11 Å². The van der Waals surface area contributed by atoms with E-state index in [1.54, 1.807) is 4.52 Å². The standard InChI is InChI=1S/C16H20N4O2/c1-5-10-6-11(20-13(10)15(17)18-8-19-20)14-16(3,4)9(2)12(7-21)22-14/h1,6,8-9,12,14,21H,7H2,2-4H3,(H2,17,18,19)/t9-,12-,14+/m1/s1. The third kappa shape index (κ3) is 1.90. The van der Waals surface area contributed by atoms with Crippen LogP contribution < -0.4 is 5.73 Å². The molecule has 3 N–H and O–H groups in total. The minimum absolute atomic E-state index is 0.0104. The molecule has 3 rings (SSSR count). The fraction of sp³-hybridized carbons (Fsp3) is 0.500. The highest BCUT2D eigenvalue weighted by Gasteiger charge is 2.49. The summed E-state index contributed by atoms with van der Waals surface area (Å²) in [6.07, 6.45) is 6.55. The number of nitrogen functional groups attached to an aromatic ring is 1. The van der Waals surface area contributed by atoms with Crippen molar-refractivity contribution in [2.45, 2.75) is 33.0 Å². The molecule has 0 unspecified atom stereocenters. The average molecular weight is 300 g/mol. The number of terminal acetylenes is 1. The quantitative estimate of drug-likeness (QED) is 0.819. The third-order valence-corrected chi connectivity index (χ3v) is 4.93. The van der Waals surface area contributed by atoms with Crippen LogP contribution >= 0.6 is 0 Å². The number of nitrogens with zero attached hydrogens (tertiary/aromatic N) is 3. The lowest BCUT2D eigenvalue weighted by Crippen LogP contribution is -2.27. The number of hydrogen-bond donors (Lipinski definition) is 2. The van der Waals surface area contributed by atoms with Gasteiger partial charge in [-0.2, -0.15) is 5.10 Å². The lowest BCUT2D eigenvalue weighted by molar-refractivity contribution is -0.0116. The summed E-state index contributed by atoms with van der Waals surface area (Å²) in [4.78, 5) is 4.01. The molecule has 0 saturated carbocycles. The third-order valence-electron chi connectivity index (χ3n) is 4.93. The molecule has 1 fully saturated rings. The van der Waals surface area contributed by atoms with Crippen LogP contribution in [0, 0.1) is 23.7 Å². The van der Waals surface area contributed by atoms with E-state index < -0.39 is 0 Å². The fourth-order valence-electron chi connectivity index (χ4n) is 3.23. The predicted octanol–water partition coefficient (Wildman–Crippen LogP) is 1.39. The molecule has 0 bridgehead atoms. The monoisotopic (exact) mass is 300 g/mol. The molecule has 1 aliphatic heterocycles. The Morgan fingerprint density at radius 3 is 2.86 bits per heavy atom. The van der Waals surface area contributed by atoms with E-state index in [1.165, 1.54) is 6.33 Å². The maximum Gasteiger partial charge on any atom is 0.152 e. The molecule has 0 aromatic carbocycles. The normalized spacial score (nSPS) is 27.1. The van der Waals surface area contributed by atoms with E-state index in [2.05, 4.69) is 36.8 Å². The molecule has 6 heteroatoms. The predicted molar refractivity (Wildman–Crippen MR) is 83.0 cm³/mol. The van der Waals surface area contributed by atoms with Crippen molar-refractivity contribution < 1.29 is 9.84 Å². The average Bonchev–Trinajstić information content (AvgIpc) is 2.97. The maximum absolute atomic E-state index is 9.53. The molecule has 6 nitrogen and oxygen atoms in total. The first-order valence-corrected chi connectivity index (χ1v) is 7.26. The Morgan fingerprint density at radius 2 is 2.27 bits per heavy atom. The Labute approximate surface area is 129 Å². The molecule has 3 atom stereocenters. The molecule has 2 aromatic heterocycles. The number of anilines is 1. The second-order valence-corrected chi connectivity index (χ2v) is 6.38. The van der Waals surface area contributed by atoms with Crippen molar-refractivity contribution in [1.29, 1.82) is 0 Å². The number of aliphatic hydroxyl groups excluding tert-OH is 1. The number of rotatable bonds is 2. The van der Waals surface area contributed by atoms with Crippen molar-refractivity contribution in [3.05, 3.63) is 23.7 Å². The fourth-order valence-corrected chi connectivity index (χ4v) is 3.23. The Morgan fingerprint density at radius 1 is 1.55 bits per heavy atom. The molecule has 3 heterocycles. The minimum atomic E-state index is -0.233. The molecular formula is C16H20N4O2. The van der Waals surface area contributed by atoms with Crippen LogP contribution in [0.25, 0.3) is 5.52 Å². The number of ether oxygens (including phenoxy) is 1. The van der Waals surface area contributed by atoms with Gasteiger partial charge in [0.1, 0.15) is 17.9 Å². The van der Waals surface area contributed by atoms with E-state index in [1.807, 2.05) is 6.07 Å². The van der Waals surface area contributed by atoms with Crippen LogP contribution in [0.3, 0.4) is 0 Å². The Bertz CT molecular complexity index is 759. The highest BCUT2D eigenvalue weighted by molar-refractivity contribution is 5.75. The summed E-state index contributed by atoms with van der Waals surface area (Å²) in [5, 5.41) is 13.8. The van der Waals surface area contributed by atoms with Crippen LogP contribution in [-0.2, 0) is 4.74 Å². The molecule has 2 aromatic rings. The molecule has 0 spiro atoms. The highest BCUT2D eigenvalue weighted by atomic mass is 16.5. The van der Waals surface area contributed by atoms with Crippen LogP contribution in [0.1, 0.15) is 38.1 Å². The van der Waals surface area contributed by atoms with Gasteiger partial charge in [-0.05, 0) is 12.0 Å². The highest BCUT2D eigenvalue weighted by Crippen LogP contribution is 2.51. The number of nitrogens with two attached hydrogens (primary N) is 1. The summed E-state index contributed by atoms with van der Waals surface area (Å²) in [5.74, 6) is 3.17. The van der Waals surface area contributed by atoms with Crippen LogP contribution in [0.5, 0.6) is 0 Å². The molecule has 0 aliphatic carbocycles. The first kappa shape index (κ1) is 14.8. The van der Waals surface area contributed by atoms with E-state index in [4.69, 9.17) is 16.9 Å². The van der Waals surface area contributed by atoms with Crippen LogP contribution in [-0.4, -0.2) is 32.4 Å². The molecule has 0 radical (unpaired) electrons. The van der Waals surface area contributed by atoms with Crippen molar-refractivity contribution in [3.63, 3.8) is 0 Å². The van der Waals surface area contributed by atoms with Gasteiger partial charge in [-0.25, -0.2) is 9.50 Å². The lowest BCUT2D eigenvalue weighted by Gasteiger charge is -2.28. The van der Waals surface area contributed by atoms with E-state index in [0.717, 1.165) is 5.69 Å². The Balaban J connectivity index is 2.20. The lowest BCUT2D eigenvalue weighted by atomic mass is 9.75. The van der Waals surface area contributed by atoms with Crippen LogP contribution in [0.4, 0.5) is 5.82 Å². The number of fused-ring (bicyclic) bond motifs is 1. The number of aliphatic hydroxyl groups is 1. The summed E-state index contributed by atoms with van der Waals surface area (Å²) < 4.78 is 7.79. The van der Waals surface area contributed by atoms with Crippen molar-refractivity contribution in [1.82, 2.24) is 14.6 Å². The molecule has 22 heavy (non-hydrogen) atoms. The van der Waals surface area contributed by atoms with Gasteiger partial charge < -0.3 is 15.6 Å². The van der Waals surface area contributed by atoms with E-state index in [-0.39, 0.29) is 30.1 Å². The van der Waals surface area contributed by atoms with Crippen molar-refractivity contribution in [2.75, 3.05) is 12.3 Å². The van der Waals surface area contributed by atoms with E-state index >= 15 is 0 Å². The molecule has 0 amide bonds. The largest absolute Gasteiger partial charge is 0.394 e. The number of aromatic nitrogens is 3. The molecule has 1 aliphatic rings. The van der Waals surface area contributed by atoms with Gasteiger partial charge in [0, 0.05) is 5.41 Å². The Hall–Kier alpha value is -2.10. The first-order chi connectivity index (χ1) is 10.4. The smallest absolute Gasteiger partial charge is 0.152 e. The van der Waals surface area contributed by atoms with Gasteiger partial charge in [-0.3, -0.25) is 0 Å². The zero-order valence-electron chi connectivity index (χ0n) is 12.9. The van der Waals surface area contributed by atoms with Crippen LogP contribution in [0.2, 0.25) is 0 Å². The molecule has 1 saturated heterocycles. The molecular weight excluding hydrogens is 280 g/mol. The van der Waals surface area contributed by atoms with Gasteiger partial charge >= 0.3 is 0 Å². The van der Waals surface area contributed by atoms with Crippen molar-refractivity contribution in [2.24, 2.45) is 11.3 Å². The van der Waals surface area contributed by atoms with Gasteiger partial charge in [0.25, 0.3) is 0 Å². The summed E-state index contributed by atoms with van der Waals surface area (Å²) in [6, 6.07) is 1.87. The minimum Gasteiger partial charge on any atom is -0.394 e. The van der Waals surface area contributed by atoms with Gasteiger partial charge in [0.05, 0.1) is 24.0 Å². The van der Waals surface area contributed by atoms with Gasteiger partial charge in [0.2, 0.25) is 0 Å². The summed E-state index contributed by atoms with van der Waals surface area (Å²) in [5.41, 5.74) is 7.88. The second-order valence-electron chi connectivity index (χ2n) is 6.38. The SMILES string of the molecule is C#Cc1cc([C@@H]2O[C@H](CO)[C@@H](C)C2(C)C)n2ncnc(N)c12. The van der Waals surface area contributed by atoms with E-state index in [0.29, 0.717) is 16.9 Å². The van der Waals surface area contributed by atoms with Crippen molar-refractivity contribution >= 4 is 11.3 Å². The Kier molecular flexibility index (Phi) is 3.35. The van der Waals surface area contributed by atoms with Crippen LogP contribution in [0.15, 0.2) is 12.4 Å². The second kappa shape index (κ2) is 4.97. The summed E-state index contributed by atoms with van der Waals surface area (Å²) in [6.45, 7) is 6.32. The number of hydrogen-bond acceptors (Lipinski definition) is 5. The zero-order chi connectivity index (χ0) is 16.1.